The Morgan fingerprint density at radius 2 is 1.65 bits per heavy atom. The van der Waals surface area contributed by atoms with Crippen LogP contribution in [0.15, 0.2) is 47.5 Å². The normalized spacial score (nSPS) is 25.9. The van der Waals surface area contributed by atoms with Crippen LogP contribution in [0.3, 0.4) is 0 Å². The highest BCUT2D eigenvalue weighted by atomic mass is 19.4. The molecule has 2 aliphatic heterocycles. The lowest BCUT2D eigenvalue weighted by atomic mass is 9.69. The molecule has 0 radical (unpaired) electrons. The second kappa shape index (κ2) is 10.7. The van der Waals surface area contributed by atoms with Crippen molar-refractivity contribution in [3.05, 3.63) is 70.5 Å². The van der Waals surface area contributed by atoms with Gasteiger partial charge in [-0.2, -0.15) is 31.3 Å². The third-order valence-corrected chi connectivity index (χ3v) is 7.73. The van der Waals surface area contributed by atoms with E-state index in [1.807, 2.05) is 4.90 Å². The van der Waals surface area contributed by atoms with E-state index in [-0.39, 0.29) is 30.5 Å². The van der Waals surface area contributed by atoms with Crippen LogP contribution in [0, 0.1) is 17.7 Å². The predicted octanol–water partition coefficient (Wildman–Crippen LogP) is 5.32. The number of aliphatic imine (C=N–C) groups is 1. The van der Waals surface area contributed by atoms with Crippen molar-refractivity contribution in [1.29, 1.82) is 0 Å². The molecule has 0 unspecified atom stereocenters. The number of fused-ring (bicyclic) bond motifs is 1. The largest absolute Gasteiger partial charge is 0.455 e. The maximum Gasteiger partial charge on any atom is 0.416 e. The summed E-state index contributed by atoms with van der Waals surface area (Å²) in [5.74, 6) is -1.39. The summed E-state index contributed by atoms with van der Waals surface area (Å²) in [7, 11) is 0. The zero-order valence-electron chi connectivity index (χ0n) is 20.9. The number of hydrogen-bond donors (Lipinski definition) is 1. The van der Waals surface area contributed by atoms with Crippen LogP contribution in [-0.4, -0.2) is 54.3 Å². The number of aliphatic hydroxyl groups is 1. The van der Waals surface area contributed by atoms with Gasteiger partial charge in [-0.3, -0.25) is 4.79 Å². The smallest absolute Gasteiger partial charge is 0.416 e. The average Bonchev–Trinajstić information content (AvgIpc) is 3.52. The molecule has 40 heavy (non-hydrogen) atoms. The van der Waals surface area contributed by atoms with Crippen LogP contribution in [0.1, 0.15) is 47.1 Å². The van der Waals surface area contributed by atoms with Crippen molar-refractivity contribution in [1.82, 2.24) is 4.90 Å². The SMILES string of the molecule is O=C1COC(N2C[C@H]3CC[C@H](O[C@H](CO)c4cc(C(F)(F)F)cc(C(F)(F)F)c4)[C@@H](c4ccc(F)cc4)[C@@H]3C2)=N1. The zero-order chi connectivity index (χ0) is 28.8. The maximum absolute atomic E-state index is 13.8. The molecule has 2 aromatic carbocycles. The molecule has 1 N–H and O–H groups in total. The number of ether oxygens (including phenoxy) is 2. The Morgan fingerprint density at radius 3 is 2.20 bits per heavy atom. The van der Waals surface area contributed by atoms with E-state index in [0.29, 0.717) is 43.6 Å². The number of benzene rings is 2. The summed E-state index contributed by atoms with van der Waals surface area (Å²) in [5, 5.41) is 10.1. The Morgan fingerprint density at radius 1 is 1.00 bits per heavy atom. The fourth-order valence-corrected chi connectivity index (χ4v) is 5.96. The minimum atomic E-state index is -5.05. The number of halogens is 7. The number of amides is 1. The van der Waals surface area contributed by atoms with E-state index in [9.17, 15) is 40.6 Å². The molecule has 1 aliphatic carbocycles. The maximum atomic E-state index is 13.8. The van der Waals surface area contributed by atoms with Crippen LogP contribution in [0.4, 0.5) is 30.7 Å². The molecular formula is C27H25F7N2O4. The van der Waals surface area contributed by atoms with E-state index in [1.54, 1.807) is 12.1 Å². The van der Waals surface area contributed by atoms with Gasteiger partial charge in [0.15, 0.2) is 6.61 Å². The number of aliphatic hydroxyl groups excluding tert-OH is 1. The van der Waals surface area contributed by atoms with E-state index < -0.39 is 65.5 Å². The lowest BCUT2D eigenvalue weighted by Crippen LogP contribution is -2.38. The molecule has 2 fully saturated rings. The highest BCUT2D eigenvalue weighted by Gasteiger charge is 2.48. The fourth-order valence-electron chi connectivity index (χ4n) is 5.96. The van der Waals surface area contributed by atoms with E-state index in [1.165, 1.54) is 12.1 Å². The van der Waals surface area contributed by atoms with E-state index >= 15 is 0 Å². The quantitative estimate of drug-likeness (QED) is 0.490. The molecule has 1 saturated carbocycles. The van der Waals surface area contributed by atoms with Gasteiger partial charge in [-0.15, -0.1) is 0 Å². The number of hydrogen-bond acceptors (Lipinski definition) is 5. The van der Waals surface area contributed by atoms with Crippen molar-refractivity contribution in [3.8, 4) is 0 Å². The highest BCUT2D eigenvalue weighted by Crippen LogP contribution is 2.48. The summed E-state index contributed by atoms with van der Waals surface area (Å²) >= 11 is 0. The fraction of sp³-hybridized carbons (Fsp3) is 0.481. The van der Waals surface area contributed by atoms with Crippen molar-refractivity contribution < 1.29 is 50.1 Å². The second-order valence-corrected chi connectivity index (χ2v) is 10.2. The van der Waals surface area contributed by atoms with Crippen LogP contribution >= 0.6 is 0 Å². The van der Waals surface area contributed by atoms with Gasteiger partial charge in [-0.1, -0.05) is 12.1 Å². The minimum absolute atomic E-state index is 0.0239. The molecule has 1 saturated heterocycles. The molecule has 13 heteroatoms. The first-order valence-corrected chi connectivity index (χ1v) is 12.6. The number of likely N-dealkylation sites (tertiary alicyclic amines) is 1. The molecular weight excluding hydrogens is 549 g/mol. The molecule has 0 bridgehead atoms. The first kappa shape index (κ1) is 28.3. The molecule has 6 nitrogen and oxygen atoms in total. The highest BCUT2D eigenvalue weighted by molar-refractivity contribution is 5.96. The molecule has 2 aromatic rings. The van der Waals surface area contributed by atoms with Crippen molar-refractivity contribution in [2.45, 2.75) is 43.3 Å². The van der Waals surface area contributed by atoms with E-state index in [4.69, 9.17) is 9.47 Å². The van der Waals surface area contributed by atoms with Crippen LogP contribution < -0.4 is 0 Å². The molecule has 5 rings (SSSR count). The summed E-state index contributed by atoms with van der Waals surface area (Å²) < 4.78 is 106. The molecule has 0 spiro atoms. The summed E-state index contributed by atoms with van der Waals surface area (Å²) in [6.45, 7) is -0.112. The number of carbonyl (C=O) groups excluding carboxylic acids is 1. The van der Waals surface area contributed by atoms with Gasteiger partial charge in [0.2, 0.25) is 0 Å². The third kappa shape index (κ3) is 5.80. The number of alkyl halides is 6. The van der Waals surface area contributed by atoms with E-state index in [2.05, 4.69) is 4.99 Å². The topological polar surface area (TPSA) is 71.4 Å². The predicted molar refractivity (Wildman–Crippen MR) is 126 cm³/mol. The lowest BCUT2D eigenvalue weighted by Gasteiger charge is -2.41. The minimum Gasteiger partial charge on any atom is -0.455 e. The van der Waals surface area contributed by atoms with Gasteiger partial charge in [0.1, 0.15) is 11.9 Å². The molecule has 2 heterocycles. The summed E-state index contributed by atoms with van der Waals surface area (Å²) in [4.78, 5) is 17.3. The van der Waals surface area contributed by atoms with Gasteiger partial charge < -0.3 is 19.5 Å². The van der Waals surface area contributed by atoms with Crippen LogP contribution in [-0.2, 0) is 26.6 Å². The monoisotopic (exact) mass is 574 g/mol. The first-order chi connectivity index (χ1) is 18.8. The van der Waals surface area contributed by atoms with Crippen molar-refractivity contribution in [2.75, 3.05) is 26.3 Å². The number of nitrogens with zero attached hydrogens (tertiary/aromatic N) is 2. The third-order valence-electron chi connectivity index (χ3n) is 7.73. The Bertz CT molecular complexity index is 1250. The Labute approximate surface area is 224 Å². The van der Waals surface area contributed by atoms with Gasteiger partial charge in [0.05, 0.1) is 23.8 Å². The summed E-state index contributed by atoms with van der Waals surface area (Å²) in [6, 6.07) is 6.98. The average molecular weight is 574 g/mol. The van der Waals surface area contributed by atoms with Crippen molar-refractivity contribution in [2.24, 2.45) is 16.8 Å². The van der Waals surface area contributed by atoms with Gasteiger partial charge in [0.25, 0.3) is 11.9 Å². The summed E-state index contributed by atoms with van der Waals surface area (Å²) in [6.07, 6.45) is -11.3. The van der Waals surface area contributed by atoms with Gasteiger partial charge in [-0.25, -0.2) is 4.39 Å². The van der Waals surface area contributed by atoms with Gasteiger partial charge in [0, 0.05) is 19.0 Å². The van der Waals surface area contributed by atoms with Gasteiger partial charge >= 0.3 is 12.4 Å². The van der Waals surface area contributed by atoms with Crippen LogP contribution in [0.2, 0.25) is 0 Å². The van der Waals surface area contributed by atoms with Crippen molar-refractivity contribution in [3.63, 3.8) is 0 Å². The summed E-state index contributed by atoms with van der Waals surface area (Å²) in [5.41, 5.74) is -2.79. The van der Waals surface area contributed by atoms with Crippen LogP contribution in [0.5, 0.6) is 0 Å². The first-order valence-electron chi connectivity index (χ1n) is 12.6. The van der Waals surface area contributed by atoms with E-state index in [0.717, 1.165) is 0 Å². The lowest BCUT2D eigenvalue weighted by molar-refractivity contribution is -0.143. The van der Waals surface area contributed by atoms with Gasteiger partial charge in [-0.05, 0) is 66.1 Å². The molecule has 3 aliphatic rings. The van der Waals surface area contributed by atoms with Crippen molar-refractivity contribution >= 4 is 11.9 Å². The Balaban J connectivity index is 1.47. The zero-order valence-corrected chi connectivity index (χ0v) is 20.9. The Hall–Kier alpha value is -3.19. The van der Waals surface area contributed by atoms with Crippen LogP contribution in [0.25, 0.3) is 0 Å². The molecule has 5 atom stereocenters. The number of rotatable bonds is 5. The molecule has 216 valence electrons. The molecule has 0 aromatic heterocycles. The Kier molecular flexibility index (Phi) is 7.55. The number of amidine groups is 1. The number of carbonyl (C=O) groups is 1. The standard InChI is InChI=1S/C27H25F7N2O4/c28-19-4-1-14(2-5-19)24-20-11-36(25-35-23(38)13-39-25)10-15(20)3-6-21(24)40-22(12-37)16-7-17(26(29,30)31)9-18(8-16)27(32,33)34/h1-2,4-5,7-9,15,20-22,24,37H,3,6,10-13H2/t15-,20-,21+,22-,24+/m1/s1. The molecule has 1 amide bonds. The second-order valence-electron chi connectivity index (χ2n) is 10.2.